The van der Waals surface area contributed by atoms with Crippen LogP contribution in [0.15, 0.2) is 23.2 Å². The van der Waals surface area contributed by atoms with Crippen molar-refractivity contribution in [1.29, 1.82) is 0 Å². The van der Waals surface area contributed by atoms with E-state index in [0.717, 1.165) is 17.9 Å². The molecule has 1 amide bonds. The van der Waals surface area contributed by atoms with E-state index < -0.39 is 0 Å². The van der Waals surface area contributed by atoms with Crippen molar-refractivity contribution in [1.82, 2.24) is 4.90 Å². The minimum Gasteiger partial charge on any atom is -0.490 e. The van der Waals surface area contributed by atoms with Gasteiger partial charge in [0.05, 0.1) is 13.2 Å². The van der Waals surface area contributed by atoms with Crippen molar-refractivity contribution < 1.29 is 14.3 Å². The highest BCUT2D eigenvalue weighted by atomic mass is 16.5. The van der Waals surface area contributed by atoms with Crippen LogP contribution >= 0.6 is 0 Å². The lowest BCUT2D eigenvalue weighted by molar-refractivity contribution is -0.128. The number of nitrogens with zero attached hydrogens (tertiary/aromatic N) is 2. The van der Waals surface area contributed by atoms with E-state index in [4.69, 9.17) is 15.2 Å². The van der Waals surface area contributed by atoms with E-state index >= 15 is 0 Å². The highest BCUT2D eigenvalue weighted by molar-refractivity contribution is 5.94. The summed E-state index contributed by atoms with van der Waals surface area (Å²) in [6.07, 6.45) is 0.855. The van der Waals surface area contributed by atoms with Crippen LogP contribution in [0.4, 0.5) is 5.69 Å². The first-order valence-corrected chi connectivity index (χ1v) is 7.30. The molecule has 0 fully saturated rings. The average molecular weight is 306 g/mol. The molecule has 3 N–H and O–H groups in total. The zero-order valence-corrected chi connectivity index (χ0v) is 13.0. The summed E-state index contributed by atoms with van der Waals surface area (Å²) in [6.45, 7) is 3.84. The Balaban J connectivity index is 1.98. The fourth-order valence-electron chi connectivity index (χ4n) is 1.88. The Labute approximate surface area is 130 Å². The minimum absolute atomic E-state index is 0.0216. The third kappa shape index (κ3) is 4.28. The lowest BCUT2D eigenvalue weighted by Gasteiger charge is -2.13. The molecular formula is C15H22N4O3. The Morgan fingerprint density at radius 2 is 2.09 bits per heavy atom. The smallest absolute Gasteiger partial charge is 0.244 e. The number of nitrogens with one attached hydrogen (secondary N) is 1. The number of anilines is 1. The predicted molar refractivity (Wildman–Crippen MR) is 85.5 cm³/mol. The highest BCUT2D eigenvalue weighted by Crippen LogP contribution is 2.32. The van der Waals surface area contributed by atoms with Gasteiger partial charge in [-0.15, -0.1) is 0 Å². The Hall–Kier alpha value is -2.44. The number of guanidine groups is 1. The van der Waals surface area contributed by atoms with Gasteiger partial charge in [-0.3, -0.25) is 4.79 Å². The molecule has 0 unspecified atom stereocenters. The van der Waals surface area contributed by atoms with E-state index in [9.17, 15) is 4.79 Å². The second-order valence-electron chi connectivity index (χ2n) is 4.95. The van der Waals surface area contributed by atoms with Gasteiger partial charge in [-0.05, 0) is 19.1 Å². The van der Waals surface area contributed by atoms with Crippen LogP contribution in [-0.2, 0) is 4.79 Å². The molecule has 0 spiro atoms. The SMILES string of the molecule is CCN(C)C(=O)CN=C(N)Nc1ccc2c(c1)OCCCO2. The Kier molecular flexibility index (Phi) is 5.46. The number of ether oxygens (including phenoxy) is 2. The van der Waals surface area contributed by atoms with Crippen LogP contribution in [0, 0.1) is 0 Å². The van der Waals surface area contributed by atoms with Crippen LogP contribution < -0.4 is 20.5 Å². The summed E-state index contributed by atoms with van der Waals surface area (Å²) in [7, 11) is 1.73. The lowest BCUT2D eigenvalue weighted by Crippen LogP contribution is -2.30. The van der Waals surface area contributed by atoms with E-state index in [2.05, 4.69) is 10.3 Å². The summed E-state index contributed by atoms with van der Waals surface area (Å²) in [5, 5.41) is 2.95. The van der Waals surface area contributed by atoms with Crippen molar-refractivity contribution in [2.75, 3.05) is 38.7 Å². The molecule has 0 bridgehead atoms. The second-order valence-corrected chi connectivity index (χ2v) is 4.95. The number of likely N-dealkylation sites (N-methyl/N-ethyl adjacent to an activating group) is 1. The summed E-state index contributed by atoms with van der Waals surface area (Å²) in [5.74, 6) is 1.51. The molecule has 0 aromatic heterocycles. The maximum absolute atomic E-state index is 11.7. The Morgan fingerprint density at radius 3 is 2.82 bits per heavy atom. The van der Waals surface area contributed by atoms with Gasteiger partial charge in [0, 0.05) is 31.8 Å². The van der Waals surface area contributed by atoms with Crippen LogP contribution in [0.5, 0.6) is 11.5 Å². The van der Waals surface area contributed by atoms with Gasteiger partial charge in [0.1, 0.15) is 6.54 Å². The molecule has 7 nitrogen and oxygen atoms in total. The molecule has 1 aromatic rings. The molecule has 2 rings (SSSR count). The zero-order chi connectivity index (χ0) is 15.9. The van der Waals surface area contributed by atoms with Crippen molar-refractivity contribution >= 4 is 17.6 Å². The molecule has 0 saturated carbocycles. The summed E-state index contributed by atoms with van der Waals surface area (Å²) in [4.78, 5) is 17.3. The summed E-state index contributed by atoms with van der Waals surface area (Å²) < 4.78 is 11.2. The molecule has 0 radical (unpaired) electrons. The third-order valence-electron chi connectivity index (χ3n) is 3.30. The normalized spacial score (nSPS) is 14.2. The van der Waals surface area contributed by atoms with E-state index in [1.54, 1.807) is 11.9 Å². The number of carbonyl (C=O) groups excluding carboxylic acids is 1. The first-order chi connectivity index (χ1) is 10.6. The molecule has 120 valence electrons. The van der Waals surface area contributed by atoms with Gasteiger partial charge in [-0.25, -0.2) is 4.99 Å². The van der Waals surface area contributed by atoms with Crippen molar-refractivity contribution in [3.63, 3.8) is 0 Å². The van der Waals surface area contributed by atoms with Crippen molar-refractivity contribution in [2.45, 2.75) is 13.3 Å². The minimum atomic E-state index is -0.0779. The first-order valence-electron chi connectivity index (χ1n) is 7.30. The monoisotopic (exact) mass is 306 g/mol. The van der Waals surface area contributed by atoms with E-state index in [1.807, 2.05) is 25.1 Å². The van der Waals surface area contributed by atoms with Gasteiger partial charge in [0.15, 0.2) is 17.5 Å². The molecule has 1 heterocycles. The second kappa shape index (κ2) is 7.53. The molecule has 0 aliphatic carbocycles. The van der Waals surface area contributed by atoms with Crippen LogP contribution in [0.25, 0.3) is 0 Å². The number of fused-ring (bicyclic) bond motifs is 1. The van der Waals surface area contributed by atoms with Crippen LogP contribution in [-0.4, -0.2) is 50.1 Å². The predicted octanol–water partition coefficient (Wildman–Crippen LogP) is 1.05. The number of nitrogens with two attached hydrogens (primary N) is 1. The average Bonchev–Trinajstić information content (AvgIpc) is 2.76. The fourth-order valence-corrected chi connectivity index (χ4v) is 1.88. The van der Waals surface area contributed by atoms with Gasteiger partial charge >= 0.3 is 0 Å². The summed E-state index contributed by atoms with van der Waals surface area (Å²) >= 11 is 0. The van der Waals surface area contributed by atoms with Gasteiger partial charge in [0.25, 0.3) is 0 Å². The van der Waals surface area contributed by atoms with Gasteiger partial charge < -0.3 is 25.4 Å². The highest BCUT2D eigenvalue weighted by Gasteiger charge is 2.11. The number of benzene rings is 1. The number of aliphatic imine (C=N–C) groups is 1. The standard InChI is InChI=1S/C15H22N4O3/c1-3-19(2)14(20)10-17-15(16)18-11-5-6-12-13(9-11)22-8-4-7-21-12/h5-6,9H,3-4,7-8,10H2,1-2H3,(H3,16,17,18). The topological polar surface area (TPSA) is 89.2 Å². The molecule has 1 aliphatic rings. The Bertz CT molecular complexity index is 560. The number of hydrogen-bond donors (Lipinski definition) is 2. The van der Waals surface area contributed by atoms with Crippen molar-refractivity contribution in [3.8, 4) is 11.5 Å². The molecule has 0 atom stereocenters. The summed E-state index contributed by atoms with van der Waals surface area (Å²) in [6, 6.07) is 5.46. The maximum Gasteiger partial charge on any atom is 0.244 e. The number of carbonyl (C=O) groups is 1. The van der Waals surface area contributed by atoms with Crippen LogP contribution in [0.1, 0.15) is 13.3 Å². The van der Waals surface area contributed by atoms with Gasteiger partial charge in [-0.1, -0.05) is 0 Å². The third-order valence-corrected chi connectivity index (χ3v) is 3.30. The number of hydrogen-bond acceptors (Lipinski definition) is 4. The van der Waals surface area contributed by atoms with Crippen molar-refractivity contribution in [3.05, 3.63) is 18.2 Å². The number of rotatable bonds is 4. The molecule has 1 aromatic carbocycles. The maximum atomic E-state index is 11.7. The van der Waals surface area contributed by atoms with Crippen LogP contribution in [0.2, 0.25) is 0 Å². The van der Waals surface area contributed by atoms with E-state index in [0.29, 0.717) is 25.5 Å². The molecule has 7 heteroatoms. The molecule has 0 saturated heterocycles. The zero-order valence-electron chi connectivity index (χ0n) is 13.0. The summed E-state index contributed by atoms with van der Waals surface area (Å²) in [5.41, 5.74) is 6.54. The molecular weight excluding hydrogens is 284 g/mol. The number of amides is 1. The van der Waals surface area contributed by atoms with E-state index in [1.165, 1.54) is 0 Å². The van der Waals surface area contributed by atoms with Gasteiger partial charge in [-0.2, -0.15) is 0 Å². The fraction of sp³-hybridized carbons (Fsp3) is 0.467. The molecule has 1 aliphatic heterocycles. The lowest BCUT2D eigenvalue weighted by atomic mass is 10.3. The quantitative estimate of drug-likeness (QED) is 0.641. The first kappa shape index (κ1) is 15.9. The Morgan fingerprint density at radius 1 is 1.36 bits per heavy atom. The van der Waals surface area contributed by atoms with E-state index in [-0.39, 0.29) is 18.4 Å². The largest absolute Gasteiger partial charge is 0.490 e. The van der Waals surface area contributed by atoms with Gasteiger partial charge in [0.2, 0.25) is 5.91 Å². The van der Waals surface area contributed by atoms with Crippen molar-refractivity contribution in [2.24, 2.45) is 10.7 Å². The molecule has 22 heavy (non-hydrogen) atoms. The van der Waals surface area contributed by atoms with Crippen LogP contribution in [0.3, 0.4) is 0 Å².